The lowest BCUT2D eigenvalue weighted by Crippen LogP contribution is -2.10. The van der Waals surface area contributed by atoms with Gasteiger partial charge in [0.2, 0.25) is 0 Å². The second-order valence-electron chi connectivity index (χ2n) is 7.81. The molecule has 0 heterocycles. The third-order valence-electron chi connectivity index (χ3n) is 4.72. The Labute approximate surface area is 181 Å². The van der Waals surface area contributed by atoms with Crippen molar-refractivity contribution in [1.82, 2.24) is 4.90 Å². The highest BCUT2D eigenvalue weighted by Crippen LogP contribution is 2.26. The third kappa shape index (κ3) is 6.68. The number of anilines is 1. The van der Waals surface area contributed by atoms with Crippen molar-refractivity contribution in [2.24, 2.45) is 4.36 Å². The lowest BCUT2D eigenvalue weighted by Gasteiger charge is -2.16. The molecule has 2 aromatic carbocycles. The number of rotatable bonds is 8. The molecule has 0 saturated carbocycles. The summed E-state index contributed by atoms with van der Waals surface area (Å²) in [4.78, 5) is 14.6. The lowest BCUT2D eigenvalue weighted by atomic mass is 9.88. The van der Waals surface area contributed by atoms with Crippen LogP contribution in [0.15, 0.2) is 40.8 Å². The summed E-state index contributed by atoms with van der Waals surface area (Å²) in [5, 5.41) is 9.27. The van der Waals surface area contributed by atoms with Crippen LogP contribution >= 0.6 is 0 Å². The Kier molecular flexibility index (Phi) is 8.58. The number of thiol groups is 1. The molecule has 2 rings (SSSR count). The second-order valence-corrected chi connectivity index (χ2v) is 8.78. The van der Waals surface area contributed by atoms with Crippen molar-refractivity contribution in [2.45, 2.75) is 46.1 Å². The van der Waals surface area contributed by atoms with E-state index >= 15 is 0 Å². The van der Waals surface area contributed by atoms with E-state index in [9.17, 15) is 14.3 Å². The SMILES string of the molecule is CCc1cc(C#N)cc(C(C)C)c1CC(=O)/N=[SH](=O)\Nc1ccc(CN(C)C)cc1. The average Bonchev–Trinajstić information content (AvgIpc) is 2.68. The number of amides is 1. The lowest BCUT2D eigenvalue weighted by molar-refractivity contribution is -0.117. The zero-order valence-electron chi connectivity index (χ0n) is 18.3. The van der Waals surface area contributed by atoms with Crippen LogP contribution in [0.5, 0.6) is 0 Å². The van der Waals surface area contributed by atoms with Crippen molar-refractivity contribution in [3.63, 3.8) is 0 Å². The van der Waals surface area contributed by atoms with Crippen molar-refractivity contribution in [1.29, 1.82) is 5.26 Å². The summed E-state index contributed by atoms with van der Waals surface area (Å²) in [5.74, 6) is -0.270. The maximum absolute atomic E-state index is 12.5. The third-order valence-corrected chi connectivity index (χ3v) is 5.57. The van der Waals surface area contributed by atoms with Crippen LogP contribution in [0.25, 0.3) is 0 Å². The largest absolute Gasteiger partial charge is 0.305 e. The van der Waals surface area contributed by atoms with Gasteiger partial charge in [0.25, 0.3) is 5.91 Å². The molecule has 0 aliphatic carbocycles. The predicted molar refractivity (Wildman–Crippen MR) is 123 cm³/mol. The standard InChI is InChI=1S/C23H30N4O2S/c1-6-19-11-18(14-24)12-21(16(2)3)22(19)13-23(28)26-30(29)25-20-9-7-17(8-10-20)15-27(4)5/h7-12,16,30H,6,13,15H2,1-5H3,(H,25,26,28,29). The van der Waals surface area contributed by atoms with Crippen molar-refractivity contribution in [3.8, 4) is 6.07 Å². The molecule has 0 aliphatic heterocycles. The van der Waals surface area contributed by atoms with E-state index in [1.165, 1.54) is 0 Å². The summed E-state index contributed by atoms with van der Waals surface area (Å²) < 4.78 is 19.0. The Bertz CT molecular complexity index is 1010. The van der Waals surface area contributed by atoms with E-state index < -0.39 is 16.7 Å². The van der Waals surface area contributed by atoms with E-state index in [0.29, 0.717) is 17.7 Å². The highest BCUT2D eigenvalue weighted by Gasteiger charge is 2.16. The van der Waals surface area contributed by atoms with Gasteiger partial charge in [0.15, 0.2) is 0 Å². The highest BCUT2D eigenvalue weighted by atomic mass is 32.2. The maximum Gasteiger partial charge on any atom is 0.259 e. The van der Waals surface area contributed by atoms with Crippen LogP contribution in [-0.2, 0) is 35.0 Å². The Morgan fingerprint density at radius 2 is 1.90 bits per heavy atom. The molecule has 160 valence electrons. The normalized spacial score (nSPS) is 12.2. The van der Waals surface area contributed by atoms with Crippen LogP contribution in [0, 0.1) is 11.3 Å². The molecule has 1 atom stereocenters. The van der Waals surface area contributed by atoms with Gasteiger partial charge in [-0.05, 0) is 73.0 Å². The summed E-state index contributed by atoms with van der Waals surface area (Å²) >= 11 is 0. The van der Waals surface area contributed by atoms with E-state index in [1.54, 1.807) is 0 Å². The summed E-state index contributed by atoms with van der Waals surface area (Å²) in [6.07, 6.45) is 0.786. The molecule has 0 spiro atoms. The number of carbonyl (C=O) groups is 1. The number of nitriles is 1. The van der Waals surface area contributed by atoms with Crippen molar-refractivity contribution in [3.05, 3.63) is 64.2 Å². The minimum Gasteiger partial charge on any atom is -0.305 e. The first-order valence-corrected chi connectivity index (χ1v) is 11.2. The van der Waals surface area contributed by atoms with E-state index in [1.807, 2.05) is 71.3 Å². The van der Waals surface area contributed by atoms with E-state index in [0.717, 1.165) is 28.8 Å². The van der Waals surface area contributed by atoms with Gasteiger partial charge < -0.3 is 9.62 Å². The number of nitrogens with one attached hydrogen (secondary N) is 1. The molecule has 0 bridgehead atoms. The number of hydrogen-bond donors (Lipinski definition) is 2. The molecule has 1 unspecified atom stereocenters. The Balaban J connectivity index is 2.17. The fourth-order valence-corrected chi connectivity index (χ4v) is 4.03. The van der Waals surface area contributed by atoms with Crippen molar-refractivity contribution >= 4 is 22.4 Å². The number of carbonyl (C=O) groups excluding carboxylic acids is 1. The van der Waals surface area contributed by atoms with Gasteiger partial charge in [0.05, 0.1) is 18.1 Å². The number of nitrogens with zero attached hydrogens (tertiary/aromatic N) is 3. The Hall–Kier alpha value is -2.69. The minimum absolute atomic E-state index is 0.0763. The summed E-state index contributed by atoms with van der Waals surface area (Å²) in [5.41, 5.74) is 5.20. The van der Waals surface area contributed by atoms with E-state index in [-0.39, 0.29) is 12.3 Å². The number of aryl methyl sites for hydroxylation is 1. The zero-order valence-corrected chi connectivity index (χ0v) is 19.2. The van der Waals surface area contributed by atoms with E-state index in [4.69, 9.17) is 0 Å². The van der Waals surface area contributed by atoms with Gasteiger partial charge in [-0.3, -0.25) is 4.79 Å². The van der Waals surface area contributed by atoms with Crippen LogP contribution in [0.2, 0.25) is 0 Å². The van der Waals surface area contributed by atoms with Crippen LogP contribution < -0.4 is 4.72 Å². The number of benzene rings is 2. The number of hydrogen-bond acceptors (Lipinski definition) is 4. The molecule has 0 fully saturated rings. The van der Waals surface area contributed by atoms with Gasteiger partial charge in [-0.25, -0.2) is 4.21 Å². The minimum atomic E-state index is -2.25. The summed E-state index contributed by atoms with van der Waals surface area (Å²) in [7, 11) is 1.74. The molecular formula is C23H30N4O2S. The average molecular weight is 427 g/mol. The molecule has 7 heteroatoms. The van der Waals surface area contributed by atoms with E-state index in [2.05, 4.69) is 20.1 Å². The molecular weight excluding hydrogens is 396 g/mol. The molecule has 1 amide bonds. The second kappa shape index (κ2) is 10.9. The fourth-order valence-electron chi connectivity index (χ4n) is 3.34. The van der Waals surface area contributed by atoms with Crippen LogP contribution in [-0.4, -0.2) is 29.1 Å². The predicted octanol–water partition coefficient (Wildman–Crippen LogP) is 4.07. The molecule has 0 aliphatic rings. The van der Waals surface area contributed by atoms with Crippen LogP contribution in [0.4, 0.5) is 5.69 Å². The Morgan fingerprint density at radius 3 is 2.43 bits per heavy atom. The topological polar surface area (TPSA) is 85.6 Å². The Morgan fingerprint density at radius 1 is 1.23 bits per heavy atom. The molecule has 1 N–H and O–H groups in total. The zero-order chi connectivity index (χ0) is 22.3. The van der Waals surface area contributed by atoms with Gasteiger partial charge in [-0.1, -0.05) is 32.9 Å². The molecule has 30 heavy (non-hydrogen) atoms. The fraction of sp³-hybridized carbons (Fsp3) is 0.391. The monoisotopic (exact) mass is 426 g/mol. The van der Waals surface area contributed by atoms with Gasteiger partial charge in [0.1, 0.15) is 10.8 Å². The van der Waals surface area contributed by atoms with Gasteiger partial charge in [0, 0.05) is 12.2 Å². The smallest absolute Gasteiger partial charge is 0.259 e. The van der Waals surface area contributed by atoms with Crippen molar-refractivity contribution < 1.29 is 9.00 Å². The molecule has 0 aromatic heterocycles. The van der Waals surface area contributed by atoms with Gasteiger partial charge in [-0.2, -0.15) is 5.26 Å². The first kappa shape index (κ1) is 23.6. The van der Waals surface area contributed by atoms with Crippen LogP contribution in [0.1, 0.15) is 54.5 Å². The molecule has 2 aromatic rings. The molecule has 0 radical (unpaired) electrons. The molecule has 0 saturated heterocycles. The quantitative estimate of drug-likeness (QED) is 0.623. The van der Waals surface area contributed by atoms with Gasteiger partial charge in [-0.15, -0.1) is 4.36 Å². The molecule has 6 nitrogen and oxygen atoms in total. The van der Waals surface area contributed by atoms with Crippen molar-refractivity contribution in [2.75, 3.05) is 18.8 Å². The van der Waals surface area contributed by atoms with Gasteiger partial charge >= 0.3 is 0 Å². The summed E-state index contributed by atoms with van der Waals surface area (Å²) in [6.45, 7) is 6.87. The first-order chi connectivity index (χ1) is 14.2. The first-order valence-electron chi connectivity index (χ1n) is 10.0. The highest BCUT2D eigenvalue weighted by molar-refractivity contribution is 7.76. The summed E-state index contributed by atoms with van der Waals surface area (Å²) in [6, 6.07) is 13.4. The van der Waals surface area contributed by atoms with Crippen LogP contribution in [0.3, 0.4) is 0 Å². The maximum atomic E-state index is 12.5.